The maximum Gasteiger partial charge on any atom is 0.226 e. The summed E-state index contributed by atoms with van der Waals surface area (Å²) in [5.41, 5.74) is 7.25. The maximum atomic E-state index is 12.3. The molecular weight excluding hydrogens is 266 g/mol. The molecule has 1 heterocycles. The Balaban J connectivity index is 1.69. The average Bonchev–Trinajstić information content (AvgIpc) is 2.92. The van der Waals surface area contributed by atoms with Gasteiger partial charge in [0.15, 0.2) is 0 Å². The summed E-state index contributed by atoms with van der Waals surface area (Å²) in [5.74, 6) is -0.0936. The van der Waals surface area contributed by atoms with Crippen molar-refractivity contribution < 1.29 is 9.90 Å². The number of fused-ring (bicyclic) bond motifs is 1. The second kappa shape index (κ2) is 5.75. The van der Waals surface area contributed by atoms with Gasteiger partial charge >= 0.3 is 0 Å². The normalized spacial score (nSPS) is 31.7. The van der Waals surface area contributed by atoms with Crippen molar-refractivity contribution in [3.05, 3.63) is 35.4 Å². The van der Waals surface area contributed by atoms with Gasteiger partial charge in [-0.3, -0.25) is 15.6 Å². The second-order valence-corrected chi connectivity index (χ2v) is 6.18. The van der Waals surface area contributed by atoms with Crippen molar-refractivity contribution in [3.63, 3.8) is 0 Å². The molecule has 2 aliphatic rings. The molecular formula is C16H23N3O2. The fourth-order valence-electron chi connectivity index (χ4n) is 3.37. The lowest BCUT2D eigenvalue weighted by Gasteiger charge is -2.35. The first-order valence-electron chi connectivity index (χ1n) is 7.67. The van der Waals surface area contributed by atoms with Crippen molar-refractivity contribution in [3.8, 4) is 0 Å². The van der Waals surface area contributed by atoms with Gasteiger partial charge in [-0.2, -0.15) is 0 Å². The Morgan fingerprint density at radius 2 is 2.29 bits per heavy atom. The molecule has 5 nitrogen and oxygen atoms in total. The molecule has 5 heteroatoms. The number of hydrogen-bond donors (Lipinski definition) is 4. The Morgan fingerprint density at radius 1 is 1.48 bits per heavy atom. The van der Waals surface area contributed by atoms with Gasteiger partial charge in [-0.25, -0.2) is 0 Å². The Bertz CT molecular complexity index is 534. The van der Waals surface area contributed by atoms with Crippen molar-refractivity contribution in [1.29, 1.82) is 0 Å². The van der Waals surface area contributed by atoms with E-state index in [4.69, 9.17) is 0 Å². The zero-order valence-corrected chi connectivity index (χ0v) is 12.4. The molecule has 4 N–H and O–H groups in total. The van der Waals surface area contributed by atoms with Crippen LogP contribution in [0, 0.1) is 5.92 Å². The Labute approximate surface area is 125 Å². The molecule has 3 unspecified atom stereocenters. The second-order valence-electron chi connectivity index (χ2n) is 6.18. The van der Waals surface area contributed by atoms with E-state index in [1.54, 1.807) is 0 Å². The van der Waals surface area contributed by atoms with E-state index < -0.39 is 5.60 Å². The fraction of sp³-hybridized carbons (Fsp3) is 0.562. The Hall–Kier alpha value is -1.43. The smallest absolute Gasteiger partial charge is 0.226 e. The summed E-state index contributed by atoms with van der Waals surface area (Å²) in [7, 11) is 0. The fourth-order valence-corrected chi connectivity index (χ4v) is 3.37. The number of aryl methyl sites for hydroxylation is 1. The van der Waals surface area contributed by atoms with Crippen molar-refractivity contribution in [2.45, 2.75) is 37.8 Å². The van der Waals surface area contributed by atoms with E-state index in [9.17, 15) is 9.90 Å². The Morgan fingerprint density at radius 3 is 3.05 bits per heavy atom. The van der Waals surface area contributed by atoms with E-state index in [1.807, 2.05) is 25.1 Å². The SMILES string of the molecule is CC1NNCC1C(=O)NCC1(O)CCCc2ccccc21. The first-order valence-corrected chi connectivity index (χ1v) is 7.67. The number of hydrazine groups is 1. The molecule has 0 saturated carbocycles. The van der Waals surface area contributed by atoms with Crippen LogP contribution >= 0.6 is 0 Å². The third-order valence-electron chi connectivity index (χ3n) is 4.70. The molecule has 1 amide bonds. The van der Waals surface area contributed by atoms with Crippen LogP contribution in [0.25, 0.3) is 0 Å². The van der Waals surface area contributed by atoms with Crippen molar-refractivity contribution >= 4 is 5.91 Å². The van der Waals surface area contributed by atoms with Gasteiger partial charge in [-0.05, 0) is 37.3 Å². The highest BCUT2D eigenvalue weighted by molar-refractivity contribution is 5.80. The predicted octanol–water partition coefficient (Wildman–Crippen LogP) is 0.439. The number of benzene rings is 1. The third-order valence-corrected chi connectivity index (χ3v) is 4.70. The summed E-state index contributed by atoms with van der Waals surface area (Å²) in [5, 5.41) is 13.9. The molecule has 1 aromatic carbocycles. The average molecular weight is 289 g/mol. The molecule has 1 aliphatic carbocycles. The zero-order valence-electron chi connectivity index (χ0n) is 12.4. The largest absolute Gasteiger partial charge is 0.383 e. The number of amides is 1. The quantitative estimate of drug-likeness (QED) is 0.651. The van der Waals surface area contributed by atoms with Gasteiger partial charge in [0.1, 0.15) is 5.60 Å². The maximum absolute atomic E-state index is 12.3. The zero-order chi connectivity index (χ0) is 14.9. The van der Waals surface area contributed by atoms with E-state index in [0.717, 1.165) is 18.4 Å². The molecule has 0 bridgehead atoms. The van der Waals surface area contributed by atoms with Crippen molar-refractivity contribution in [2.75, 3.05) is 13.1 Å². The van der Waals surface area contributed by atoms with Gasteiger partial charge in [0, 0.05) is 12.6 Å². The minimum atomic E-state index is -0.937. The molecule has 0 aromatic heterocycles. The summed E-state index contributed by atoms with van der Waals surface area (Å²) in [6.45, 7) is 2.89. The minimum absolute atomic E-state index is 0.00326. The van der Waals surface area contributed by atoms with E-state index in [1.165, 1.54) is 5.56 Å². The minimum Gasteiger partial charge on any atom is -0.383 e. The van der Waals surface area contributed by atoms with Crippen molar-refractivity contribution in [1.82, 2.24) is 16.2 Å². The standard InChI is InChI=1S/C16H23N3O2/c1-11-13(9-18-19-11)15(20)17-10-16(21)8-4-6-12-5-2-3-7-14(12)16/h2-3,5,7,11,13,18-19,21H,4,6,8-10H2,1H3,(H,17,20). The number of nitrogens with one attached hydrogen (secondary N) is 3. The first-order chi connectivity index (χ1) is 10.1. The number of carbonyl (C=O) groups is 1. The van der Waals surface area contributed by atoms with Crippen molar-refractivity contribution in [2.24, 2.45) is 5.92 Å². The lowest BCUT2D eigenvalue weighted by molar-refractivity contribution is -0.126. The highest BCUT2D eigenvalue weighted by Gasteiger charge is 2.36. The van der Waals surface area contributed by atoms with Crippen LogP contribution in [0.3, 0.4) is 0 Å². The lowest BCUT2D eigenvalue weighted by atomic mass is 9.79. The summed E-state index contributed by atoms with van der Waals surface area (Å²) < 4.78 is 0. The predicted molar refractivity (Wildman–Crippen MR) is 80.4 cm³/mol. The number of aliphatic hydroxyl groups is 1. The number of rotatable bonds is 3. The topological polar surface area (TPSA) is 73.4 Å². The number of hydrogen-bond acceptors (Lipinski definition) is 4. The molecule has 1 aliphatic heterocycles. The van der Waals surface area contributed by atoms with Gasteiger partial charge in [0.05, 0.1) is 12.5 Å². The summed E-state index contributed by atoms with van der Waals surface area (Å²) in [6, 6.07) is 8.10. The van der Waals surface area contributed by atoms with Crippen LogP contribution in [-0.2, 0) is 16.8 Å². The first kappa shape index (κ1) is 14.5. The highest BCUT2D eigenvalue weighted by atomic mass is 16.3. The van der Waals surface area contributed by atoms with Gasteiger partial charge in [-0.1, -0.05) is 24.3 Å². The van der Waals surface area contributed by atoms with Crippen LogP contribution in [0.5, 0.6) is 0 Å². The molecule has 21 heavy (non-hydrogen) atoms. The molecule has 1 saturated heterocycles. The summed E-state index contributed by atoms with van der Waals surface area (Å²) in [4.78, 5) is 12.3. The van der Waals surface area contributed by atoms with E-state index in [-0.39, 0.29) is 24.4 Å². The molecule has 114 valence electrons. The van der Waals surface area contributed by atoms with E-state index in [0.29, 0.717) is 13.0 Å². The van der Waals surface area contributed by atoms with E-state index >= 15 is 0 Å². The third kappa shape index (κ3) is 2.81. The van der Waals surface area contributed by atoms with Gasteiger partial charge in [0.25, 0.3) is 0 Å². The molecule has 1 aromatic rings. The van der Waals surface area contributed by atoms with Crippen LogP contribution < -0.4 is 16.2 Å². The molecule has 3 rings (SSSR count). The number of carbonyl (C=O) groups excluding carboxylic acids is 1. The van der Waals surface area contributed by atoms with Gasteiger partial charge in [0.2, 0.25) is 5.91 Å². The van der Waals surface area contributed by atoms with Crippen LogP contribution in [0.2, 0.25) is 0 Å². The summed E-state index contributed by atoms with van der Waals surface area (Å²) >= 11 is 0. The van der Waals surface area contributed by atoms with Crippen LogP contribution in [0.15, 0.2) is 24.3 Å². The van der Waals surface area contributed by atoms with Gasteiger partial charge < -0.3 is 10.4 Å². The molecule has 3 atom stereocenters. The Kier molecular flexibility index (Phi) is 3.97. The summed E-state index contributed by atoms with van der Waals surface area (Å²) in [6.07, 6.45) is 2.65. The van der Waals surface area contributed by atoms with Gasteiger partial charge in [-0.15, -0.1) is 0 Å². The van der Waals surface area contributed by atoms with Crippen LogP contribution in [-0.4, -0.2) is 30.1 Å². The molecule has 1 fully saturated rings. The van der Waals surface area contributed by atoms with Crippen LogP contribution in [0.4, 0.5) is 0 Å². The monoisotopic (exact) mass is 289 g/mol. The highest BCUT2D eigenvalue weighted by Crippen LogP contribution is 2.34. The lowest BCUT2D eigenvalue weighted by Crippen LogP contribution is -2.46. The van der Waals surface area contributed by atoms with E-state index in [2.05, 4.69) is 22.2 Å². The molecule has 0 radical (unpaired) electrons. The van der Waals surface area contributed by atoms with Crippen LogP contribution in [0.1, 0.15) is 30.9 Å². The molecule has 0 spiro atoms.